The van der Waals surface area contributed by atoms with Crippen molar-refractivity contribution in [1.29, 1.82) is 0 Å². The Kier molecular flexibility index (Phi) is 4.47. The van der Waals surface area contributed by atoms with Crippen molar-refractivity contribution in [2.24, 2.45) is 29.6 Å². The highest BCUT2D eigenvalue weighted by Gasteiger charge is 2.33. The summed E-state index contributed by atoms with van der Waals surface area (Å²) in [6, 6.07) is 0. The minimum absolute atomic E-state index is 0.895. The van der Waals surface area contributed by atoms with Crippen LogP contribution in [0.5, 0.6) is 0 Å². The lowest BCUT2D eigenvalue weighted by Gasteiger charge is -2.19. The molecule has 0 nitrogen and oxygen atoms in total. The third-order valence-electron chi connectivity index (χ3n) is 4.33. The van der Waals surface area contributed by atoms with Gasteiger partial charge in [0.25, 0.3) is 0 Å². The van der Waals surface area contributed by atoms with Crippen LogP contribution < -0.4 is 0 Å². The van der Waals surface area contributed by atoms with Crippen molar-refractivity contribution in [2.45, 2.75) is 60.3 Å². The summed E-state index contributed by atoms with van der Waals surface area (Å²) < 4.78 is 0. The van der Waals surface area contributed by atoms with Gasteiger partial charge in [-0.2, -0.15) is 0 Å². The van der Waals surface area contributed by atoms with Gasteiger partial charge < -0.3 is 0 Å². The number of rotatable bonds is 4. The molecular weight excluding hydrogens is 168 g/mol. The van der Waals surface area contributed by atoms with Gasteiger partial charge in [-0.25, -0.2) is 0 Å². The lowest BCUT2D eigenvalue weighted by molar-refractivity contribution is 0.308. The second-order valence-corrected chi connectivity index (χ2v) is 5.97. The van der Waals surface area contributed by atoms with Gasteiger partial charge in [0, 0.05) is 0 Å². The second kappa shape index (κ2) is 5.19. The van der Waals surface area contributed by atoms with Crippen LogP contribution in [0.2, 0.25) is 0 Å². The van der Waals surface area contributed by atoms with Crippen molar-refractivity contribution in [3.63, 3.8) is 0 Å². The zero-order chi connectivity index (χ0) is 10.7. The van der Waals surface area contributed by atoms with Gasteiger partial charge in [-0.3, -0.25) is 0 Å². The van der Waals surface area contributed by atoms with Crippen LogP contribution in [0.4, 0.5) is 0 Å². The quantitative estimate of drug-likeness (QED) is 0.609. The molecule has 0 heteroatoms. The first-order chi connectivity index (χ1) is 6.54. The average Bonchev–Trinajstić information content (AvgIpc) is 2.46. The minimum atomic E-state index is 0.895. The Balaban J connectivity index is 2.38. The van der Waals surface area contributed by atoms with Crippen molar-refractivity contribution in [1.82, 2.24) is 0 Å². The molecule has 1 aliphatic carbocycles. The largest absolute Gasteiger partial charge is 0.0651 e. The minimum Gasteiger partial charge on any atom is -0.0651 e. The molecule has 0 heterocycles. The summed E-state index contributed by atoms with van der Waals surface area (Å²) in [5.41, 5.74) is 0. The topological polar surface area (TPSA) is 0 Å². The van der Waals surface area contributed by atoms with Gasteiger partial charge in [0.1, 0.15) is 0 Å². The van der Waals surface area contributed by atoms with Crippen LogP contribution in [-0.4, -0.2) is 0 Å². The van der Waals surface area contributed by atoms with E-state index in [0.717, 1.165) is 29.6 Å². The van der Waals surface area contributed by atoms with Crippen LogP contribution in [-0.2, 0) is 0 Å². The molecule has 0 saturated heterocycles. The molecule has 0 spiro atoms. The molecule has 0 aromatic rings. The standard InChI is InChI=1S/C14H28/c1-6-11(4)7-13-8-12(5)14(9-13)10(2)3/h10-14H,6-9H2,1-5H3. The molecule has 0 aromatic carbocycles. The van der Waals surface area contributed by atoms with Crippen LogP contribution >= 0.6 is 0 Å². The molecule has 0 aliphatic heterocycles. The fourth-order valence-corrected chi connectivity index (χ4v) is 3.27. The molecule has 0 amide bonds. The Morgan fingerprint density at radius 1 is 1.14 bits per heavy atom. The predicted octanol–water partition coefficient (Wildman–Crippen LogP) is 4.74. The molecular formula is C14H28. The Morgan fingerprint density at radius 3 is 2.21 bits per heavy atom. The maximum Gasteiger partial charge on any atom is -0.0363 e. The maximum absolute atomic E-state index is 2.46. The van der Waals surface area contributed by atoms with Crippen molar-refractivity contribution in [2.75, 3.05) is 0 Å². The SMILES string of the molecule is CCC(C)CC1CC(C)C(C(C)C)C1. The van der Waals surface area contributed by atoms with Crippen LogP contribution in [0.25, 0.3) is 0 Å². The van der Waals surface area contributed by atoms with Crippen molar-refractivity contribution in [3.8, 4) is 0 Å². The predicted molar refractivity (Wildman–Crippen MR) is 64.3 cm³/mol. The van der Waals surface area contributed by atoms with Gasteiger partial charge in [-0.15, -0.1) is 0 Å². The monoisotopic (exact) mass is 196 g/mol. The van der Waals surface area contributed by atoms with E-state index in [-0.39, 0.29) is 0 Å². The van der Waals surface area contributed by atoms with E-state index in [2.05, 4.69) is 34.6 Å². The highest BCUT2D eigenvalue weighted by molar-refractivity contribution is 4.83. The van der Waals surface area contributed by atoms with E-state index < -0.39 is 0 Å². The van der Waals surface area contributed by atoms with E-state index in [0.29, 0.717) is 0 Å². The van der Waals surface area contributed by atoms with Gasteiger partial charge in [-0.1, -0.05) is 41.0 Å². The van der Waals surface area contributed by atoms with Gasteiger partial charge in [-0.05, 0) is 48.9 Å². The zero-order valence-corrected chi connectivity index (χ0v) is 10.7. The van der Waals surface area contributed by atoms with Gasteiger partial charge in [0.2, 0.25) is 0 Å². The summed E-state index contributed by atoms with van der Waals surface area (Å²) in [5, 5.41) is 0. The lowest BCUT2D eigenvalue weighted by atomic mass is 9.87. The van der Waals surface area contributed by atoms with Crippen molar-refractivity contribution in [3.05, 3.63) is 0 Å². The summed E-state index contributed by atoms with van der Waals surface area (Å²) in [6.45, 7) is 12.0. The summed E-state index contributed by atoms with van der Waals surface area (Å²) >= 11 is 0. The fourth-order valence-electron chi connectivity index (χ4n) is 3.27. The zero-order valence-electron chi connectivity index (χ0n) is 10.7. The molecule has 0 N–H and O–H groups in total. The molecule has 0 aromatic heterocycles. The van der Waals surface area contributed by atoms with E-state index >= 15 is 0 Å². The number of hydrogen-bond donors (Lipinski definition) is 0. The summed E-state index contributed by atoms with van der Waals surface area (Å²) in [5.74, 6) is 4.85. The Morgan fingerprint density at radius 2 is 1.79 bits per heavy atom. The molecule has 0 radical (unpaired) electrons. The van der Waals surface area contributed by atoms with E-state index in [1.165, 1.54) is 25.7 Å². The third-order valence-corrected chi connectivity index (χ3v) is 4.33. The molecule has 1 aliphatic rings. The highest BCUT2D eigenvalue weighted by Crippen LogP contribution is 2.43. The molecule has 1 rings (SSSR count). The lowest BCUT2D eigenvalue weighted by Crippen LogP contribution is -2.11. The molecule has 1 saturated carbocycles. The Labute approximate surface area is 90.5 Å². The molecule has 1 fully saturated rings. The van der Waals surface area contributed by atoms with Crippen LogP contribution in [0.15, 0.2) is 0 Å². The average molecular weight is 196 g/mol. The van der Waals surface area contributed by atoms with Crippen molar-refractivity contribution < 1.29 is 0 Å². The molecule has 0 bridgehead atoms. The molecule has 14 heavy (non-hydrogen) atoms. The Bertz CT molecular complexity index is 159. The fraction of sp³-hybridized carbons (Fsp3) is 1.00. The normalized spacial score (nSPS) is 35.1. The molecule has 4 unspecified atom stereocenters. The van der Waals surface area contributed by atoms with E-state index in [1.54, 1.807) is 0 Å². The molecule has 84 valence electrons. The number of hydrogen-bond acceptors (Lipinski definition) is 0. The second-order valence-electron chi connectivity index (χ2n) is 5.97. The van der Waals surface area contributed by atoms with Gasteiger partial charge in [0.15, 0.2) is 0 Å². The maximum atomic E-state index is 2.46. The van der Waals surface area contributed by atoms with E-state index in [4.69, 9.17) is 0 Å². The van der Waals surface area contributed by atoms with Crippen molar-refractivity contribution >= 4 is 0 Å². The first kappa shape index (κ1) is 12.1. The van der Waals surface area contributed by atoms with Gasteiger partial charge >= 0.3 is 0 Å². The first-order valence-corrected chi connectivity index (χ1v) is 6.54. The summed E-state index contributed by atoms with van der Waals surface area (Å²) in [4.78, 5) is 0. The summed E-state index contributed by atoms with van der Waals surface area (Å²) in [6.07, 6.45) is 5.83. The van der Waals surface area contributed by atoms with E-state index in [1.807, 2.05) is 0 Å². The first-order valence-electron chi connectivity index (χ1n) is 6.54. The van der Waals surface area contributed by atoms with Crippen LogP contribution in [0, 0.1) is 29.6 Å². The summed E-state index contributed by atoms with van der Waals surface area (Å²) in [7, 11) is 0. The smallest absolute Gasteiger partial charge is 0.0363 e. The molecule has 4 atom stereocenters. The van der Waals surface area contributed by atoms with Crippen LogP contribution in [0.3, 0.4) is 0 Å². The highest BCUT2D eigenvalue weighted by atomic mass is 14.4. The van der Waals surface area contributed by atoms with Gasteiger partial charge in [0.05, 0.1) is 0 Å². The van der Waals surface area contributed by atoms with E-state index in [9.17, 15) is 0 Å². The third kappa shape index (κ3) is 3.00. The Hall–Kier alpha value is 0. The van der Waals surface area contributed by atoms with Crippen LogP contribution in [0.1, 0.15) is 60.3 Å².